The number of ether oxygens (including phenoxy) is 1. The van der Waals surface area contributed by atoms with Gasteiger partial charge >= 0.3 is 11.9 Å². The number of carboxylic acid groups (broad SMARTS) is 2. The topological polar surface area (TPSA) is 117 Å². The average molecular weight is 600 g/mol. The third kappa shape index (κ3) is 6.35. The number of benzene rings is 3. The number of fused-ring (bicyclic) bond motifs is 3. The fourth-order valence-electron chi connectivity index (χ4n) is 5.75. The second kappa shape index (κ2) is 12.9. The van der Waals surface area contributed by atoms with Crippen molar-refractivity contribution in [3.05, 3.63) is 106 Å². The van der Waals surface area contributed by atoms with Crippen molar-refractivity contribution in [3.8, 4) is 16.9 Å². The molecule has 1 aliphatic heterocycles. The third-order valence-corrected chi connectivity index (χ3v) is 8.12. The highest BCUT2D eigenvalue weighted by molar-refractivity contribution is 6.30. The Bertz CT molecular complexity index is 1740. The van der Waals surface area contributed by atoms with Crippen LogP contribution in [0.4, 0.5) is 0 Å². The minimum Gasteiger partial charge on any atom is -0.481 e. The predicted octanol–water partition coefficient (Wildman–Crippen LogP) is 7.20. The summed E-state index contributed by atoms with van der Waals surface area (Å²) in [5.74, 6) is -1.71. The van der Waals surface area contributed by atoms with Crippen LogP contribution in [0.3, 0.4) is 0 Å². The van der Waals surface area contributed by atoms with Gasteiger partial charge in [-0.25, -0.2) is 4.68 Å². The molecule has 8 nitrogen and oxygen atoms in total. The molecular formula is C34H34ClN3O5. The summed E-state index contributed by atoms with van der Waals surface area (Å²) in [7, 11) is 0. The van der Waals surface area contributed by atoms with Crippen LogP contribution in [-0.2, 0) is 39.2 Å². The Morgan fingerprint density at radius 1 is 0.977 bits per heavy atom. The fraction of sp³-hybridized carbons (Fsp3) is 0.265. The number of rotatable bonds is 8. The van der Waals surface area contributed by atoms with Crippen LogP contribution in [0.15, 0.2) is 79.0 Å². The van der Waals surface area contributed by atoms with Crippen LogP contribution in [0.1, 0.15) is 49.1 Å². The van der Waals surface area contributed by atoms with Crippen molar-refractivity contribution >= 4 is 34.4 Å². The SMILES string of the molecule is CCc1cccc2c3c([nH]c12)C(CC)(CC(=O)O)OCC3.O=C(O)Cc1cn(-c2ccccc2)nc1-c1ccc(Cl)cc1. The van der Waals surface area contributed by atoms with E-state index in [1.54, 1.807) is 23.0 Å². The Kier molecular flexibility index (Phi) is 8.99. The Balaban J connectivity index is 0.000000171. The summed E-state index contributed by atoms with van der Waals surface area (Å²) in [5.41, 5.74) is 6.93. The number of aliphatic carboxylic acids is 2. The largest absolute Gasteiger partial charge is 0.481 e. The summed E-state index contributed by atoms with van der Waals surface area (Å²) in [6.07, 6.45) is 4.13. The van der Waals surface area contributed by atoms with Crippen molar-refractivity contribution in [2.45, 2.75) is 51.6 Å². The molecule has 2 aromatic heterocycles. The van der Waals surface area contributed by atoms with E-state index in [4.69, 9.17) is 21.4 Å². The molecule has 1 aliphatic rings. The first-order valence-corrected chi connectivity index (χ1v) is 14.7. The molecule has 9 heteroatoms. The van der Waals surface area contributed by atoms with Gasteiger partial charge in [-0.05, 0) is 54.7 Å². The normalized spacial score (nSPS) is 15.9. The Labute approximate surface area is 254 Å². The molecule has 1 atom stereocenters. The highest BCUT2D eigenvalue weighted by Gasteiger charge is 2.40. The third-order valence-electron chi connectivity index (χ3n) is 7.87. The van der Waals surface area contributed by atoms with E-state index in [1.807, 2.05) is 49.4 Å². The van der Waals surface area contributed by atoms with Gasteiger partial charge in [-0.1, -0.05) is 74.0 Å². The summed E-state index contributed by atoms with van der Waals surface area (Å²) in [5, 5.41) is 24.8. The zero-order valence-corrected chi connectivity index (χ0v) is 24.9. The lowest BCUT2D eigenvalue weighted by atomic mass is 9.86. The summed E-state index contributed by atoms with van der Waals surface area (Å²) in [6, 6.07) is 23.1. The number of hydrogen-bond acceptors (Lipinski definition) is 4. The molecule has 5 aromatic rings. The van der Waals surface area contributed by atoms with E-state index in [-0.39, 0.29) is 12.8 Å². The summed E-state index contributed by atoms with van der Waals surface area (Å²) < 4.78 is 7.64. The average Bonchev–Trinajstić information content (AvgIpc) is 3.60. The quantitative estimate of drug-likeness (QED) is 0.174. The number of para-hydroxylation sites is 2. The highest BCUT2D eigenvalue weighted by atomic mass is 35.5. The van der Waals surface area contributed by atoms with E-state index in [1.165, 1.54) is 16.5 Å². The van der Waals surface area contributed by atoms with Crippen molar-refractivity contribution in [2.24, 2.45) is 0 Å². The maximum Gasteiger partial charge on any atom is 0.307 e. The standard InChI is InChI=1S/C17H13ClN2O2.C17H21NO3/c18-14-8-6-12(7-9-14)17-13(10-16(21)22)11-20(19-17)15-4-2-1-3-5-15;1-3-11-6-5-7-12-13-8-9-21-17(4-2,10-14(19)20)16(13)18-15(11)12/h1-9,11H,10H2,(H,21,22);5-7,18H,3-4,8-10H2,1-2H3,(H,19,20). The van der Waals surface area contributed by atoms with Gasteiger partial charge in [0, 0.05) is 33.2 Å². The second-order valence-electron chi connectivity index (χ2n) is 10.5. The van der Waals surface area contributed by atoms with Crippen LogP contribution >= 0.6 is 11.6 Å². The molecule has 0 radical (unpaired) electrons. The number of aryl methyl sites for hydroxylation is 1. The molecule has 0 amide bonds. The van der Waals surface area contributed by atoms with Crippen molar-refractivity contribution in [1.29, 1.82) is 0 Å². The molecule has 0 saturated heterocycles. The van der Waals surface area contributed by atoms with Crippen molar-refractivity contribution < 1.29 is 24.5 Å². The van der Waals surface area contributed by atoms with Gasteiger partial charge < -0.3 is 19.9 Å². The molecule has 3 aromatic carbocycles. The van der Waals surface area contributed by atoms with E-state index in [2.05, 4.69) is 35.2 Å². The van der Waals surface area contributed by atoms with E-state index < -0.39 is 17.5 Å². The number of nitrogens with zero attached hydrogens (tertiary/aromatic N) is 2. The molecule has 0 fully saturated rings. The molecular weight excluding hydrogens is 566 g/mol. The van der Waals surface area contributed by atoms with Crippen LogP contribution in [0, 0.1) is 0 Å². The number of H-pyrrole nitrogens is 1. The first-order valence-electron chi connectivity index (χ1n) is 14.3. The molecule has 1 unspecified atom stereocenters. The Morgan fingerprint density at radius 3 is 2.37 bits per heavy atom. The monoisotopic (exact) mass is 599 g/mol. The Hall–Kier alpha value is -4.40. The lowest BCUT2D eigenvalue weighted by molar-refractivity contribution is -0.148. The molecule has 0 spiro atoms. The molecule has 222 valence electrons. The number of aromatic amines is 1. The number of aromatic nitrogens is 3. The van der Waals surface area contributed by atoms with Gasteiger partial charge in [0.25, 0.3) is 0 Å². The van der Waals surface area contributed by atoms with Crippen molar-refractivity contribution in [2.75, 3.05) is 6.61 Å². The molecule has 0 saturated carbocycles. The van der Waals surface area contributed by atoms with Gasteiger partial charge in [0.05, 0.1) is 36.5 Å². The first kappa shape index (κ1) is 30.1. The minimum absolute atomic E-state index is 0.00474. The van der Waals surface area contributed by atoms with E-state index in [0.717, 1.165) is 35.3 Å². The van der Waals surface area contributed by atoms with Gasteiger partial charge in [0.1, 0.15) is 5.60 Å². The highest BCUT2D eigenvalue weighted by Crippen LogP contribution is 2.42. The van der Waals surface area contributed by atoms with Crippen LogP contribution in [0.5, 0.6) is 0 Å². The zero-order valence-electron chi connectivity index (χ0n) is 24.1. The van der Waals surface area contributed by atoms with Crippen LogP contribution in [0.25, 0.3) is 27.8 Å². The van der Waals surface area contributed by atoms with Gasteiger partial charge in [-0.2, -0.15) is 5.10 Å². The Morgan fingerprint density at radius 2 is 1.72 bits per heavy atom. The molecule has 6 rings (SSSR count). The molecule has 3 heterocycles. The second-order valence-corrected chi connectivity index (χ2v) is 11.0. The molecule has 0 aliphatic carbocycles. The smallest absolute Gasteiger partial charge is 0.307 e. The van der Waals surface area contributed by atoms with Crippen LogP contribution in [0.2, 0.25) is 5.02 Å². The summed E-state index contributed by atoms with van der Waals surface area (Å²) in [6.45, 7) is 4.71. The fourth-order valence-corrected chi connectivity index (χ4v) is 5.88. The predicted molar refractivity (Wildman–Crippen MR) is 167 cm³/mol. The van der Waals surface area contributed by atoms with Crippen LogP contribution in [-0.4, -0.2) is 43.5 Å². The maximum atomic E-state index is 11.3. The van der Waals surface area contributed by atoms with Gasteiger partial charge in [-0.15, -0.1) is 0 Å². The number of hydrogen-bond donors (Lipinski definition) is 3. The maximum absolute atomic E-state index is 11.3. The molecule has 3 N–H and O–H groups in total. The first-order chi connectivity index (χ1) is 20.7. The number of nitrogens with one attached hydrogen (secondary N) is 1. The summed E-state index contributed by atoms with van der Waals surface area (Å²) in [4.78, 5) is 25.9. The lowest BCUT2D eigenvalue weighted by Crippen LogP contribution is -2.37. The van der Waals surface area contributed by atoms with E-state index in [9.17, 15) is 14.7 Å². The van der Waals surface area contributed by atoms with Crippen molar-refractivity contribution in [1.82, 2.24) is 14.8 Å². The van der Waals surface area contributed by atoms with Crippen LogP contribution < -0.4 is 0 Å². The zero-order chi connectivity index (χ0) is 30.6. The van der Waals surface area contributed by atoms with E-state index in [0.29, 0.717) is 29.3 Å². The number of halogens is 1. The molecule has 0 bridgehead atoms. The molecule has 43 heavy (non-hydrogen) atoms. The minimum atomic E-state index is -0.886. The summed E-state index contributed by atoms with van der Waals surface area (Å²) >= 11 is 5.90. The van der Waals surface area contributed by atoms with Gasteiger partial charge in [0.15, 0.2) is 0 Å². The lowest BCUT2D eigenvalue weighted by Gasteiger charge is -2.35. The number of carboxylic acids is 2. The van der Waals surface area contributed by atoms with Crippen molar-refractivity contribution in [3.63, 3.8) is 0 Å². The van der Waals surface area contributed by atoms with Gasteiger partial charge in [0.2, 0.25) is 0 Å². The van der Waals surface area contributed by atoms with Gasteiger partial charge in [-0.3, -0.25) is 9.59 Å². The van der Waals surface area contributed by atoms with E-state index >= 15 is 0 Å². The number of carbonyl (C=O) groups is 2.